The molecule has 112 valence electrons. The third-order valence-electron chi connectivity index (χ3n) is 3.41. The summed E-state index contributed by atoms with van der Waals surface area (Å²) in [6, 6.07) is 5.47. The highest BCUT2D eigenvalue weighted by molar-refractivity contribution is 7.98. The molecule has 1 fully saturated rings. The van der Waals surface area contributed by atoms with Crippen LogP contribution >= 0.6 is 11.8 Å². The number of benzene rings is 1. The third kappa shape index (κ3) is 3.03. The van der Waals surface area contributed by atoms with Crippen LogP contribution in [0.15, 0.2) is 23.4 Å². The Labute approximate surface area is 126 Å². The van der Waals surface area contributed by atoms with Crippen LogP contribution in [0.25, 0.3) is 0 Å². The van der Waals surface area contributed by atoms with Crippen LogP contribution in [0.3, 0.4) is 0 Å². The maximum atomic E-state index is 13.7. The van der Waals surface area contributed by atoms with Gasteiger partial charge < -0.3 is 15.0 Å². The van der Waals surface area contributed by atoms with E-state index < -0.39 is 0 Å². The van der Waals surface area contributed by atoms with Crippen molar-refractivity contribution in [2.75, 3.05) is 7.11 Å². The monoisotopic (exact) mass is 308 g/mol. The molecule has 1 heterocycles. The lowest BCUT2D eigenvalue weighted by Crippen LogP contribution is -2.08. The van der Waals surface area contributed by atoms with Crippen molar-refractivity contribution >= 4 is 11.8 Å². The molecule has 7 heteroatoms. The summed E-state index contributed by atoms with van der Waals surface area (Å²) in [7, 11) is 1.46. The molecule has 0 amide bonds. The number of hydrogen-bond donors (Lipinski definition) is 1. The first-order chi connectivity index (χ1) is 10.2. The van der Waals surface area contributed by atoms with Crippen LogP contribution in [-0.2, 0) is 12.3 Å². The molecule has 0 aliphatic heterocycles. The Morgan fingerprint density at radius 3 is 2.86 bits per heavy atom. The van der Waals surface area contributed by atoms with Crippen molar-refractivity contribution in [3.8, 4) is 5.75 Å². The Morgan fingerprint density at radius 2 is 2.24 bits per heavy atom. The second-order valence-electron chi connectivity index (χ2n) is 4.96. The molecule has 0 atom stereocenters. The number of rotatable bonds is 6. The van der Waals surface area contributed by atoms with E-state index in [4.69, 9.17) is 10.5 Å². The van der Waals surface area contributed by atoms with Gasteiger partial charge in [0, 0.05) is 11.8 Å². The van der Waals surface area contributed by atoms with Gasteiger partial charge in [-0.1, -0.05) is 17.8 Å². The van der Waals surface area contributed by atoms with Gasteiger partial charge in [0.2, 0.25) is 0 Å². The normalized spacial score (nSPS) is 14.4. The zero-order chi connectivity index (χ0) is 14.8. The summed E-state index contributed by atoms with van der Waals surface area (Å²) < 4.78 is 20.7. The van der Waals surface area contributed by atoms with Gasteiger partial charge in [-0.05, 0) is 30.5 Å². The van der Waals surface area contributed by atoms with E-state index >= 15 is 0 Å². The van der Waals surface area contributed by atoms with Crippen molar-refractivity contribution in [3.63, 3.8) is 0 Å². The number of thioether (sulfide) groups is 1. The Balaban J connectivity index is 1.73. The van der Waals surface area contributed by atoms with Crippen LogP contribution in [0.5, 0.6) is 5.75 Å². The lowest BCUT2D eigenvalue weighted by Gasteiger charge is -2.08. The minimum absolute atomic E-state index is 0.260. The molecule has 0 spiro atoms. The number of halogens is 1. The second kappa shape index (κ2) is 6.03. The molecule has 0 saturated heterocycles. The molecule has 0 radical (unpaired) electrons. The van der Waals surface area contributed by atoms with Crippen LogP contribution in [0.4, 0.5) is 4.39 Å². The zero-order valence-corrected chi connectivity index (χ0v) is 12.6. The van der Waals surface area contributed by atoms with Crippen LogP contribution in [0, 0.1) is 5.82 Å². The summed E-state index contributed by atoms with van der Waals surface area (Å²) in [5, 5.41) is 9.18. The van der Waals surface area contributed by atoms with Gasteiger partial charge in [0.1, 0.15) is 5.82 Å². The van der Waals surface area contributed by atoms with E-state index in [1.54, 1.807) is 17.8 Å². The fourth-order valence-electron chi connectivity index (χ4n) is 2.19. The highest BCUT2D eigenvalue weighted by atomic mass is 32.2. The zero-order valence-electron chi connectivity index (χ0n) is 11.8. The van der Waals surface area contributed by atoms with E-state index in [0.717, 1.165) is 29.4 Å². The van der Waals surface area contributed by atoms with Crippen molar-refractivity contribution in [2.24, 2.45) is 5.73 Å². The molecule has 0 unspecified atom stereocenters. The van der Waals surface area contributed by atoms with Gasteiger partial charge in [-0.3, -0.25) is 0 Å². The summed E-state index contributed by atoms with van der Waals surface area (Å²) in [4.78, 5) is 0. The minimum Gasteiger partial charge on any atom is -0.494 e. The summed E-state index contributed by atoms with van der Waals surface area (Å²) in [6.07, 6.45) is 2.30. The van der Waals surface area contributed by atoms with Gasteiger partial charge >= 0.3 is 0 Å². The van der Waals surface area contributed by atoms with Crippen LogP contribution in [-0.4, -0.2) is 21.9 Å². The van der Waals surface area contributed by atoms with Gasteiger partial charge in [0.25, 0.3) is 0 Å². The number of hydrogen-bond acceptors (Lipinski definition) is 5. The summed E-state index contributed by atoms with van der Waals surface area (Å²) in [6.45, 7) is 0.390. The number of nitrogens with two attached hydrogens (primary N) is 1. The average Bonchev–Trinajstić information content (AvgIpc) is 3.25. The predicted octanol–water partition coefficient (Wildman–Crippen LogP) is 2.51. The van der Waals surface area contributed by atoms with E-state index in [-0.39, 0.29) is 11.6 Å². The molecule has 1 saturated carbocycles. The average molecular weight is 308 g/mol. The number of nitrogens with zero attached hydrogens (tertiary/aromatic N) is 3. The Hall–Kier alpha value is -1.60. The number of methoxy groups -OCH3 is 1. The summed E-state index contributed by atoms with van der Waals surface area (Å²) in [5.74, 6) is 1.37. The maximum absolute atomic E-state index is 13.7. The molecule has 1 aromatic carbocycles. The largest absolute Gasteiger partial charge is 0.494 e. The molecule has 0 bridgehead atoms. The molecular weight excluding hydrogens is 291 g/mol. The van der Waals surface area contributed by atoms with Crippen molar-refractivity contribution in [3.05, 3.63) is 35.4 Å². The molecular formula is C14H17FN4OS. The number of ether oxygens (including phenoxy) is 1. The maximum Gasteiger partial charge on any atom is 0.191 e. The first-order valence-corrected chi connectivity index (χ1v) is 7.80. The third-order valence-corrected chi connectivity index (χ3v) is 4.43. The lowest BCUT2D eigenvalue weighted by molar-refractivity contribution is 0.386. The van der Waals surface area contributed by atoms with Crippen LogP contribution < -0.4 is 10.5 Å². The van der Waals surface area contributed by atoms with Crippen molar-refractivity contribution in [1.82, 2.24) is 14.8 Å². The van der Waals surface area contributed by atoms with Gasteiger partial charge in [0.15, 0.2) is 16.7 Å². The molecule has 2 N–H and O–H groups in total. The van der Waals surface area contributed by atoms with E-state index in [0.29, 0.717) is 18.3 Å². The Bertz CT molecular complexity index is 642. The van der Waals surface area contributed by atoms with E-state index in [1.165, 1.54) is 13.2 Å². The Morgan fingerprint density at radius 1 is 1.43 bits per heavy atom. The molecule has 1 aliphatic carbocycles. The Kier molecular flexibility index (Phi) is 4.12. The molecule has 1 aliphatic rings. The summed E-state index contributed by atoms with van der Waals surface area (Å²) in [5.41, 5.74) is 6.58. The van der Waals surface area contributed by atoms with E-state index in [9.17, 15) is 4.39 Å². The molecule has 1 aromatic heterocycles. The van der Waals surface area contributed by atoms with E-state index in [2.05, 4.69) is 14.8 Å². The highest BCUT2D eigenvalue weighted by Gasteiger charge is 2.29. The van der Waals surface area contributed by atoms with Crippen LogP contribution in [0.2, 0.25) is 0 Å². The molecule has 3 rings (SSSR count). The molecule has 2 aromatic rings. The lowest BCUT2D eigenvalue weighted by atomic mass is 10.2. The van der Waals surface area contributed by atoms with Crippen LogP contribution in [0.1, 0.15) is 30.3 Å². The second-order valence-corrected chi connectivity index (χ2v) is 5.90. The first-order valence-electron chi connectivity index (χ1n) is 6.82. The van der Waals surface area contributed by atoms with Gasteiger partial charge in [-0.2, -0.15) is 0 Å². The van der Waals surface area contributed by atoms with Gasteiger partial charge in [-0.15, -0.1) is 10.2 Å². The van der Waals surface area contributed by atoms with Gasteiger partial charge in [0.05, 0.1) is 13.7 Å². The predicted molar refractivity (Wildman–Crippen MR) is 78.7 cm³/mol. The number of aromatic nitrogens is 3. The molecule has 21 heavy (non-hydrogen) atoms. The standard InChI is InChI=1S/C14H17FN4OS/c1-20-12-5-2-9(6-11(12)15)8-21-14-18-17-13(7-16)19(14)10-3-4-10/h2,5-6,10H,3-4,7-8,16H2,1H3. The fraction of sp³-hybridized carbons (Fsp3) is 0.429. The quantitative estimate of drug-likeness (QED) is 0.831. The van der Waals surface area contributed by atoms with Gasteiger partial charge in [-0.25, -0.2) is 4.39 Å². The smallest absolute Gasteiger partial charge is 0.191 e. The van der Waals surface area contributed by atoms with E-state index in [1.807, 2.05) is 6.07 Å². The van der Waals surface area contributed by atoms with Crippen molar-refractivity contribution < 1.29 is 9.13 Å². The fourth-order valence-corrected chi connectivity index (χ4v) is 3.16. The first kappa shape index (κ1) is 14.3. The SMILES string of the molecule is COc1ccc(CSc2nnc(CN)n2C2CC2)cc1F. The highest BCUT2D eigenvalue weighted by Crippen LogP contribution is 2.39. The van der Waals surface area contributed by atoms with Crippen molar-refractivity contribution in [1.29, 1.82) is 0 Å². The summed E-state index contributed by atoms with van der Waals surface area (Å²) >= 11 is 1.55. The topological polar surface area (TPSA) is 66.0 Å². The minimum atomic E-state index is -0.345. The molecule has 5 nitrogen and oxygen atoms in total. The van der Waals surface area contributed by atoms with Crippen molar-refractivity contribution in [2.45, 2.75) is 36.3 Å².